The largest absolute Gasteiger partial charge is 0.341 e. The van der Waals surface area contributed by atoms with E-state index >= 15 is 0 Å². The van der Waals surface area contributed by atoms with Crippen molar-refractivity contribution in [1.29, 1.82) is 0 Å². The van der Waals surface area contributed by atoms with Crippen molar-refractivity contribution >= 4 is 53.7 Å². The molecule has 38 heavy (non-hydrogen) atoms. The van der Waals surface area contributed by atoms with Gasteiger partial charge in [0.1, 0.15) is 11.1 Å². The quantitative estimate of drug-likeness (QED) is 0.123. The minimum atomic E-state index is -0.756. The molecule has 0 aromatic rings. The van der Waals surface area contributed by atoms with Gasteiger partial charge >= 0.3 is 6.03 Å². The van der Waals surface area contributed by atoms with Crippen LogP contribution < -0.4 is 0 Å². The number of carbonyl (C=O) groups excluding carboxylic acids is 5. The number of unbranched alkanes of at least 4 members (excludes halogenated alkanes) is 1. The SMILES string of the molecule is CCCCN(C)C(=O)C(C(=O)N(C=O)C1CCC2(CC1)CC1(C2)C(=O)N(C)C(=O)N1C)=C(SCC)SCC. The molecule has 0 unspecified atom stereocenters. The van der Waals surface area contributed by atoms with Crippen molar-refractivity contribution in [3.05, 3.63) is 9.81 Å². The minimum Gasteiger partial charge on any atom is -0.341 e. The number of rotatable bonds is 11. The van der Waals surface area contributed by atoms with Gasteiger partial charge in [-0.25, -0.2) is 4.79 Å². The van der Waals surface area contributed by atoms with Crippen molar-refractivity contribution < 1.29 is 24.0 Å². The lowest BCUT2D eigenvalue weighted by molar-refractivity contribution is -0.150. The third-order valence-electron chi connectivity index (χ3n) is 8.39. The first-order valence-corrected chi connectivity index (χ1v) is 15.6. The van der Waals surface area contributed by atoms with Crippen LogP contribution in [0.15, 0.2) is 9.81 Å². The second kappa shape index (κ2) is 12.4. The van der Waals surface area contributed by atoms with Crippen LogP contribution >= 0.6 is 23.5 Å². The smallest absolute Gasteiger partial charge is 0.327 e. The first-order chi connectivity index (χ1) is 18.0. The maximum Gasteiger partial charge on any atom is 0.327 e. The average Bonchev–Trinajstić information content (AvgIpc) is 3.04. The molecule has 1 heterocycles. The summed E-state index contributed by atoms with van der Waals surface area (Å²) in [4.78, 5) is 70.4. The zero-order chi connectivity index (χ0) is 28.3. The number of carbonyl (C=O) groups is 5. The normalized spacial score (nSPS) is 26.5. The molecule has 3 fully saturated rings. The molecule has 3 aliphatic rings. The lowest BCUT2D eigenvalue weighted by Gasteiger charge is -2.58. The molecule has 0 N–H and O–H groups in total. The molecule has 11 heteroatoms. The molecule has 1 saturated heterocycles. The predicted octanol–water partition coefficient (Wildman–Crippen LogP) is 3.93. The Morgan fingerprint density at radius 3 is 2.05 bits per heavy atom. The molecular formula is C27H42N4O5S2. The van der Waals surface area contributed by atoms with E-state index in [0.717, 1.165) is 25.7 Å². The Kier molecular flexibility index (Phi) is 10.00. The Morgan fingerprint density at radius 2 is 1.61 bits per heavy atom. The lowest BCUT2D eigenvalue weighted by Crippen LogP contribution is -2.63. The topological polar surface area (TPSA) is 98.3 Å². The highest BCUT2D eigenvalue weighted by atomic mass is 32.2. The molecule has 212 valence electrons. The summed E-state index contributed by atoms with van der Waals surface area (Å²) in [6.45, 7) is 6.56. The van der Waals surface area contributed by atoms with Gasteiger partial charge in [-0.05, 0) is 61.9 Å². The van der Waals surface area contributed by atoms with Gasteiger partial charge in [0.2, 0.25) is 6.41 Å². The molecule has 3 rings (SSSR count). The predicted molar refractivity (Wildman–Crippen MR) is 151 cm³/mol. The number of amides is 6. The highest BCUT2D eigenvalue weighted by Gasteiger charge is 2.67. The number of likely N-dealkylation sites (N-methyl/N-ethyl adjacent to an activating group) is 3. The van der Waals surface area contributed by atoms with Crippen LogP contribution in [0, 0.1) is 5.41 Å². The Hall–Kier alpha value is -2.01. The first kappa shape index (κ1) is 30.5. The van der Waals surface area contributed by atoms with E-state index in [1.807, 2.05) is 13.8 Å². The zero-order valence-electron chi connectivity index (χ0n) is 23.6. The third kappa shape index (κ3) is 5.50. The van der Waals surface area contributed by atoms with Crippen LogP contribution in [0.2, 0.25) is 0 Å². The van der Waals surface area contributed by atoms with Gasteiger partial charge in [0.15, 0.2) is 0 Å². The zero-order valence-corrected chi connectivity index (χ0v) is 25.2. The van der Waals surface area contributed by atoms with Gasteiger partial charge < -0.3 is 9.80 Å². The van der Waals surface area contributed by atoms with Crippen molar-refractivity contribution in [2.24, 2.45) is 5.41 Å². The van der Waals surface area contributed by atoms with E-state index in [4.69, 9.17) is 0 Å². The van der Waals surface area contributed by atoms with E-state index in [-0.39, 0.29) is 34.9 Å². The van der Waals surface area contributed by atoms with Crippen LogP contribution in [-0.2, 0) is 19.2 Å². The molecule has 0 bridgehead atoms. The monoisotopic (exact) mass is 566 g/mol. The summed E-state index contributed by atoms with van der Waals surface area (Å²) in [6, 6.07) is -0.568. The van der Waals surface area contributed by atoms with Crippen LogP contribution in [0.1, 0.15) is 72.1 Å². The summed E-state index contributed by atoms with van der Waals surface area (Å²) in [5.74, 6) is 0.429. The summed E-state index contributed by atoms with van der Waals surface area (Å²) >= 11 is 2.94. The Bertz CT molecular complexity index is 976. The number of nitrogens with zero attached hydrogens (tertiary/aromatic N) is 4. The molecule has 1 aliphatic heterocycles. The standard InChI is InChI=1S/C27H42N4O5S2/c1-7-10-15-28(4)21(33)20(23(37-8-2)38-9-3)22(34)31(18-32)19-11-13-26(14-12-19)16-27(17-26)24(35)29(5)25(36)30(27)6/h18-19H,7-17H2,1-6H3. The summed E-state index contributed by atoms with van der Waals surface area (Å²) in [6.07, 6.45) is 6.34. The molecule has 2 aliphatic carbocycles. The first-order valence-electron chi connectivity index (χ1n) is 13.6. The van der Waals surface area contributed by atoms with Crippen LogP contribution in [-0.4, -0.2) is 101 Å². The molecule has 0 radical (unpaired) electrons. The molecule has 6 amide bonds. The van der Waals surface area contributed by atoms with Crippen LogP contribution in [0.4, 0.5) is 4.79 Å². The van der Waals surface area contributed by atoms with E-state index in [2.05, 4.69) is 6.92 Å². The van der Waals surface area contributed by atoms with Gasteiger partial charge in [0, 0.05) is 33.7 Å². The van der Waals surface area contributed by atoms with Crippen LogP contribution in [0.5, 0.6) is 0 Å². The fourth-order valence-corrected chi connectivity index (χ4v) is 8.41. The van der Waals surface area contributed by atoms with Crippen molar-refractivity contribution in [2.75, 3.05) is 39.2 Å². The minimum absolute atomic E-state index is 0.0698. The molecule has 2 saturated carbocycles. The second-order valence-corrected chi connectivity index (χ2v) is 13.6. The Balaban J connectivity index is 1.77. The number of imide groups is 2. The third-order valence-corrected chi connectivity index (χ3v) is 10.6. The number of hydrogen-bond acceptors (Lipinski definition) is 7. The van der Waals surface area contributed by atoms with E-state index < -0.39 is 11.4 Å². The molecule has 2 spiro atoms. The number of urea groups is 1. The molecule has 0 aromatic carbocycles. The average molecular weight is 567 g/mol. The van der Waals surface area contributed by atoms with E-state index in [1.165, 1.54) is 40.4 Å². The summed E-state index contributed by atoms with van der Waals surface area (Å²) in [5, 5.41) is 0. The highest BCUT2D eigenvalue weighted by Crippen LogP contribution is 2.61. The van der Waals surface area contributed by atoms with Gasteiger partial charge in [-0.3, -0.25) is 29.0 Å². The van der Waals surface area contributed by atoms with E-state index in [9.17, 15) is 24.0 Å². The fraction of sp³-hybridized carbons (Fsp3) is 0.741. The summed E-state index contributed by atoms with van der Waals surface area (Å²) < 4.78 is 0.671. The molecule has 9 nitrogen and oxygen atoms in total. The molecule has 0 aromatic heterocycles. The fourth-order valence-electron chi connectivity index (χ4n) is 6.21. The van der Waals surface area contributed by atoms with Crippen molar-refractivity contribution in [2.45, 2.75) is 83.7 Å². The maximum atomic E-state index is 13.9. The van der Waals surface area contributed by atoms with Gasteiger partial charge in [0.05, 0.1) is 4.24 Å². The van der Waals surface area contributed by atoms with Gasteiger partial charge in [-0.1, -0.05) is 27.2 Å². The van der Waals surface area contributed by atoms with Crippen molar-refractivity contribution in [1.82, 2.24) is 19.6 Å². The van der Waals surface area contributed by atoms with Crippen molar-refractivity contribution in [3.63, 3.8) is 0 Å². The van der Waals surface area contributed by atoms with E-state index in [0.29, 0.717) is 54.4 Å². The molecular weight excluding hydrogens is 524 g/mol. The molecule has 0 atom stereocenters. The maximum absolute atomic E-state index is 13.9. The lowest BCUT2D eigenvalue weighted by atomic mass is 9.51. The Labute approximate surface area is 235 Å². The summed E-state index contributed by atoms with van der Waals surface area (Å²) in [5.41, 5.74) is -0.731. The number of hydrogen-bond donors (Lipinski definition) is 0. The second-order valence-electron chi connectivity index (χ2n) is 10.7. The Morgan fingerprint density at radius 1 is 1.03 bits per heavy atom. The van der Waals surface area contributed by atoms with Gasteiger partial charge in [0.25, 0.3) is 17.7 Å². The highest BCUT2D eigenvalue weighted by molar-refractivity contribution is 8.22. The van der Waals surface area contributed by atoms with Gasteiger partial charge in [-0.2, -0.15) is 0 Å². The van der Waals surface area contributed by atoms with Crippen LogP contribution in [0.3, 0.4) is 0 Å². The van der Waals surface area contributed by atoms with E-state index in [1.54, 1.807) is 23.9 Å². The van der Waals surface area contributed by atoms with Crippen LogP contribution in [0.25, 0.3) is 0 Å². The summed E-state index contributed by atoms with van der Waals surface area (Å²) in [7, 11) is 4.93. The number of thioether (sulfide) groups is 2. The van der Waals surface area contributed by atoms with Gasteiger partial charge in [-0.15, -0.1) is 23.5 Å². The van der Waals surface area contributed by atoms with Crippen molar-refractivity contribution in [3.8, 4) is 0 Å².